The van der Waals surface area contributed by atoms with Crippen LogP contribution in [0, 0.1) is 11.9 Å². The molecule has 0 radical (unpaired) electrons. The number of halogens is 5. The van der Waals surface area contributed by atoms with E-state index in [0.29, 0.717) is 5.56 Å². The summed E-state index contributed by atoms with van der Waals surface area (Å²) in [5.74, 6) is -3.42. The van der Waals surface area contributed by atoms with Crippen molar-refractivity contribution in [3.05, 3.63) is 59.4 Å². The number of rotatable bonds is 4. The van der Waals surface area contributed by atoms with Crippen molar-refractivity contribution in [2.24, 2.45) is 0 Å². The summed E-state index contributed by atoms with van der Waals surface area (Å²) < 4.78 is 65.5. The summed E-state index contributed by atoms with van der Waals surface area (Å²) in [6, 6.07) is 6.32. The largest absolute Gasteiger partial charge is 0.573 e. The maximum Gasteiger partial charge on any atom is 0.573 e. The molecular weight excluding hydrogens is 323 g/mol. The second kappa shape index (κ2) is 6.59. The Morgan fingerprint density at radius 1 is 1.09 bits per heavy atom. The zero-order valence-electron chi connectivity index (χ0n) is 11.3. The number of ether oxygens (including phenoxy) is 1. The monoisotopic (exact) mass is 332 g/mol. The van der Waals surface area contributed by atoms with Crippen LogP contribution in [-0.4, -0.2) is 17.3 Å². The number of amides is 1. The molecule has 0 atom stereocenters. The molecule has 1 N–H and O–H groups in total. The van der Waals surface area contributed by atoms with Crippen molar-refractivity contribution in [1.29, 1.82) is 0 Å². The van der Waals surface area contributed by atoms with Gasteiger partial charge < -0.3 is 10.1 Å². The van der Waals surface area contributed by atoms with Crippen LogP contribution in [0.15, 0.2) is 36.4 Å². The molecule has 1 heterocycles. The third kappa shape index (κ3) is 5.20. The van der Waals surface area contributed by atoms with Crippen molar-refractivity contribution < 1.29 is 31.5 Å². The molecule has 4 nitrogen and oxygen atoms in total. The summed E-state index contributed by atoms with van der Waals surface area (Å²) in [6.07, 6.45) is -4.79. The zero-order chi connectivity index (χ0) is 17.0. The van der Waals surface area contributed by atoms with Crippen LogP contribution >= 0.6 is 0 Å². The van der Waals surface area contributed by atoms with E-state index >= 15 is 0 Å². The first-order valence-corrected chi connectivity index (χ1v) is 6.19. The standard InChI is InChI=1S/C14H9F5N2O2/c15-11-5-9(6-12(16)21-11)13(22)20-7-8-1-3-10(4-2-8)23-14(17,18)19/h1-6H,7H2,(H,20,22). The number of pyridine rings is 1. The summed E-state index contributed by atoms with van der Waals surface area (Å²) in [7, 11) is 0. The molecular formula is C14H9F5N2O2. The van der Waals surface area contributed by atoms with E-state index in [9.17, 15) is 26.7 Å². The Kier molecular flexibility index (Phi) is 4.77. The van der Waals surface area contributed by atoms with Gasteiger partial charge in [0.05, 0.1) is 0 Å². The van der Waals surface area contributed by atoms with Gasteiger partial charge in [-0.3, -0.25) is 4.79 Å². The molecule has 1 aromatic carbocycles. The van der Waals surface area contributed by atoms with Gasteiger partial charge in [-0.1, -0.05) is 12.1 Å². The van der Waals surface area contributed by atoms with Gasteiger partial charge in [-0.2, -0.15) is 13.8 Å². The molecule has 9 heteroatoms. The molecule has 0 aliphatic heterocycles. The summed E-state index contributed by atoms with van der Waals surface area (Å²) in [5, 5.41) is 2.37. The highest BCUT2D eigenvalue weighted by Gasteiger charge is 2.30. The number of hydrogen-bond acceptors (Lipinski definition) is 3. The van der Waals surface area contributed by atoms with E-state index in [2.05, 4.69) is 15.0 Å². The van der Waals surface area contributed by atoms with Gasteiger partial charge in [0.2, 0.25) is 11.9 Å². The Morgan fingerprint density at radius 3 is 2.17 bits per heavy atom. The van der Waals surface area contributed by atoms with Gasteiger partial charge in [-0.15, -0.1) is 13.2 Å². The second-order valence-electron chi connectivity index (χ2n) is 4.38. The highest BCUT2D eigenvalue weighted by molar-refractivity contribution is 5.94. The molecule has 0 spiro atoms. The molecule has 0 aliphatic rings. The fraction of sp³-hybridized carbons (Fsp3) is 0.143. The molecule has 0 fully saturated rings. The molecule has 1 aromatic heterocycles. The van der Waals surface area contributed by atoms with Gasteiger partial charge in [0.15, 0.2) is 0 Å². The van der Waals surface area contributed by atoms with Crippen LogP contribution in [0.25, 0.3) is 0 Å². The van der Waals surface area contributed by atoms with E-state index < -0.39 is 29.9 Å². The third-order valence-corrected chi connectivity index (χ3v) is 2.64. The lowest BCUT2D eigenvalue weighted by molar-refractivity contribution is -0.274. The molecule has 122 valence electrons. The van der Waals surface area contributed by atoms with Crippen LogP contribution in [0.4, 0.5) is 22.0 Å². The summed E-state index contributed by atoms with van der Waals surface area (Å²) in [4.78, 5) is 14.6. The summed E-state index contributed by atoms with van der Waals surface area (Å²) in [6.45, 7) is -0.0449. The third-order valence-electron chi connectivity index (χ3n) is 2.64. The maximum absolute atomic E-state index is 12.9. The molecule has 0 saturated carbocycles. The van der Waals surface area contributed by atoms with Crippen LogP contribution in [0.1, 0.15) is 15.9 Å². The topological polar surface area (TPSA) is 51.2 Å². The number of nitrogens with zero attached hydrogens (tertiary/aromatic N) is 1. The van der Waals surface area contributed by atoms with Gasteiger partial charge in [-0.25, -0.2) is 0 Å². The van der Waals surface area contributed by atoms with E-state index in [-0.39, 0.29) is 12.1 Å². The Bertz CT molecular complexity index is 681. The lowest BCUT2D eigenvalue weighted by atomic mass is 10.2. The lowest BCUT2D eigenvalue weighted by Gasteiger charge is -2.10. The fourth-order valence-electron chi connectivity index (χ4n) is 1.69. The second-order valence-corrected chi connectivity index (χ2v) is 4.38. The Hall–Kier alpha value is -2.71. The maximum atomic E-state index is 12.9. The van der Waals surface area contributed by atoms with Gasteiger partial charge in [0.25, 0.3) is 5.91 Å². The highest BCUT2D eigenvalue weighted by Crippen LogP contribution is 2.22. The van der Waals surface area contributed by atoms with Gasteiger partial charge in [0, 0.05) is 24.2 Å². The number of hydrogen-bond donors (Lipinski definition) is 1. The van der Waals surface area contributed by atoms with E-state index in [0.717, 1.165) is 24.3 Å². The average Bonchev–Trinajstić information content (AvgIpc) is 2.43. The smallest absolute Gasteiger partial charge is 0.406 e. The fourth-order valence-corrected chi connectivity index (χ4v) is 1.69. The van der Waals surface area contributed by atoms with Crippen molar-refractivity contribution in [2.75, 3.05) is 0 Å². The van der Waals surface area contributed by atoms with Crippen LogP contribution in [0.5, 0.6) is 5.75 Å². The van der Waals surface area contributed by atoms with Gasteiger partial charge >= 0.3 is 6.36 Å². The Balaban J connectivity index is 1.96. The van der Waals surface area contributed by atoms with E-state index in [1.807, 2.05) is 0 Å². The normalized spacial score (nSPS) is 11.2. The number of alkyl halides is 3. The highest BCUT2D eigenvalue weighted by atomic mass is 19.4. The molecule has 23 heavy (non-hydrogen) atoms. The molecule has 0 bridgehead atoms. The van der Waals surface area contributed by atoms with Crippen LogP contribution in [0.3, 0.4) is 0 Å². The number of aromatic nitrogens is 1. The van der Waals surface area contributed by atoms with Gasteiger partial charge in [-0.05, 0) is 17.7 Å². The molecule has 1 amide bonds. The van der Waals surface area contributed by atoms with Crippen molar-refractivity contribution >= 4 is 5.91 Å². The first-order chi connectivity index (χ1) is 10.7. The lowest BCUT2D eigenvalue weighted by Crippen LogP contribution is -2.23. The van der Waals surface area contributed by atoms with Crippen LogP contribution in [-0.2, 0) is 6.54 Å². The Labute approximate surface area is 126 Å². The van der Waals surface area contributed by atoms with E-state index in [1.54, 1.807) is 0 Å². The molecule has 0 aliphatic carbocycles. The Morgan fingerprint density at radius 2 is 1.65 bits per heavy atom. The number of carbonyl (C=O) groups is 1. The first-order valence-electron chi connectivity index (χ1n) is 6.19. The molecule has 2 aromatic rings. The minimum Gasteiger partial charge on any atom is -0.406 e. The van der Waals surface area contributed by atoms with Crippen LogP contribution in [0.2, 0.25) is 0 Å². The molecule has 2 rings (SSSR count). The minimum absolute atomic E-state index is 0.0449. The predicted molar refractivity (Wildman–Crippen MR) is 68.4 cm³/mol. The first kappa shape index (κ1) is 16.7. The number of benzene rings is 1. The SMILES string of the molecule is O=C(NCc1ccc(OC(F)(F)F)cc1)c1cc(F)nc(F)c1. The number of carbonyl (C=O) groups excluding carboxylic acids is 1. The van der Waals surface area contributed by atoms with Crippen molar-refractivity contribution in [2.45, 2.75) is 12.9 Å². The molecule has 0 unspecified atom stereocenters. The van der Waals surface area contributed by atoms with Crippen LogP contribution < -0.4 is 10.1 Å². The van der Waals surface area contributed by atoms with Crippen molar-refractivity contribution in [3.8, 4) is 5.75 Å². The quantitative estimate of drug-likeness (QED) is 0.691. The van der Waals surface area contributed by atoms with Crippen molar-refractivity contribution in [3.63, 3.8) is 0 Å². The summed E-state index contributed by atoms with van der Waals surface area (Å²) >= 11 is 0. The zero-order valence-corrected chi connectivity index (χ0v) is 11.3. The number of nitrogens with one attached hydrogen (secondary N) is 1. The molecule has 0 saturated heterocycles. The van der Waals surface area contributed by atoms with Gasteiger partial charge in [0.1, 0.15) is 5.75 Å². The van der Waals surface area contributed by atoms with Crippen molar-refractivity contribution in [1.82, 2.24) is 10.3 Å². The average molecular weight is 332 g/mol. The minimum atomic E-state index is -4.79. The summed E-state index contributed by atoms with van der Waals surface area (Å²) in [5.41, 5.74) is 0.217. The predicted octanol–water partition coefficient (Wildman–Crippen LogP) is 3.19. The van der Waals surface area contributed by atoms with E-state index in [4.69, 9.17) is 0 Å². The van der Waals surface area contributed by atoms with E-state index in [1.165, 1.54) is 12.1 Å².